The predicted molar refractivity (Wildman–Crippen MR) is 90.0 cm³/mol. The van der Waals surface area contributed by atoms with E-state index in [-0.39, 0.29) is 0 Å². The number of likely N-dealkylation sites (N-methyl/N-ethyl adjacent to an activating group) is 1. The minimum atomic E-state index is 0.357. The highest BCUT2D eigenvalue weighted by Crippen LogP contribution is 2.23. The molecule has 5 heteroatoms. The molecule has 0 saturated heterocycles. The molecule has 0 spiro atoms. The Balaban J connectivity index is 2.12. The van der Waals surface area contributed by atoms with Gasteiger partial charge >= 0.3 is 0 Å². The van der Waals surface area contributed by atoms with Crippen LogP contribution in [0.4, 0.5) is 5.95 Å². The molecule has 1 N–H and O–H groups in total. The van der Waals surface area contributed by atoms with Crippen molar-refractivity contribution in [2.75, 3.05) is 25.0 Å². The Bertz CT molecular complexity index is 529. The molecule has 2 heterocycles. The van der Waals surface area contributed by atoms with Crippen molar-refractivity contribution >= 4 is 17.3 Å². The number of nitrogens with zero attached hydrogens (tertiary/aromatic N) is 3. The number of thiophene rings is 1. The van der Waals surface area contributed by atoms with Crippen LogP contribution in [0.1, 0.15) is 36.8 Å². The summed E-state index contributed by atoms with van der Waals surface area (Å²) in [6.07, 6.45) is 0. The van der Waals surface area contributed by atoms with Crippen LogP contribution in [-0.2, 0) is 0 Å². The van der Waals surface area contributed by atoms with E-state index in [9.17, 15) is 0 Å². The zero-order chi connectivity index (χ0) is 15.2. The van der Waals surface area contributed by atoms with Crippen molar-refractivity contribution in [3.63, 3.8) is 0 Å². The van der Waals surface area contributed by atoms with Crippen LogP contribution in [0.15, 0.2) is 22.9 Å². The Morgan fingerprint density at radius 2 is 1.86 bits per heavy atom. The van der Waals surface area contributed by atoms with Crippen molar-refractivity contribution in [1.82, 2.24) is 14.9 Å². The molecule has 114 valence electrons. The normalized spacial score (nSPS) is 12.6. The van der Waals surface area contributed by atoms with Gasteiger partial charge in [-0.3, -0.25) is 4.90 Å². The highest BCUT2D eigenvalue weighted by atomic mass is 32.1. The molecule has 0 aromatic carbocycles. The average Bonchev–Trinajstić information content (AvgIpc) is 2.96. The summed E-state index contributed by atoms with van der Waals surface area (Å²) in [5.74, 6) is 0.722. The van der Waals surface area contributed by atoms with Gasteiger partial charge in [-0.15, -0.1) is 0 Å². The molecule has 0 saturated carbocycles. The summed E-state index contributed by atoms with van der Waals surface area (Å²) in [6.45, 7) is 11.3. The molecule has 2 rings (SSSR count). The van der Waals surface area contributed by atoms with E-state index in [0.717, 1.165) is 37.0 Å². The summed E-state index contributed by atoms with van der Waals surface area (Å²) in [4.78, 5) is 11.4. The third-order valence-electron chi connectivity index (χ3n) is 3.62. The molecular formula is C16H24N4S. The lowest BCUT2D eigenvalue weighted by molar-refractivity contribution is 0.228. The summed E-state index contributed by atoms with van der Waals surface area (Å²) < 4.78 is 0. The zero-order valence-electron chi connectivity index (χ0n) is 13.3. The monoisotopic (exact) mass is 304 g/mol. The lowest BCUT2D eigenvalue weighted by atomic mass is 10.1. The summed E-state index contributed by atoms with van der Waals surface area (Å²) in [6, 6.07) is 4.56. The van der Waals surface area contributed by atoms with Crippen LogP contribution >= 0.6 is 11.3 Å². The second-order valence-electron chi connectivity index (χ2n) is 5.15. The van der Waals surface area contributed by atoms with Crippen LogP contribution in [0, 0.1) is 13.8 Å². The number of hydrogen-bond acceptors (Lipinski definition) is 5. The number of anilines is 1. The van der Waals surface area contributed by atoms with Crippen molar-refractivity contribution in [2.24, 2.45) is 0 Å². The SMILES string of the molecule is CCN(CC)[C@@H](CNc1nc(C)cc(C)n1)c1ccsc1. The summed E-state index contributed by atoms with van der Waals surface area (Å²) in [5, 5.41) is 7.77. The van der Waals surface area contributed by atoms with Gasteiger partial charge in [0.25, 0.3) is 0 Å². The number of hydrogen-bond donors (Lipinski definition) is 1. The van der Waals surface area contributed by atoms with E-state index in [0.29, 0.717) is 6.04 Å². The van der Waals surface area contributed by atoms with Crippen molar-refractivity contribution in [3.05, 3.63) is 39.8 Å². The highest BCUT2D eigenvalue weighted by Gasteiger charge is 2.18. The van der Waals surface area contributed by atoms with E-state index in [1.807, 2.05) is 19.9 Å². The highest BCUT2D eigenvalue weighted by molar-refractivity contribution is 7.07. The molecule has 0 aliphatic rings. The van der Waals surface area contributed by atoms with Crippen LogP contribution in [0.5, 0.6) is 0 Å². The molecule has 0 aliphatic heterocycles. The molecule has 0 unspecified atom stereocenters. The average molecular weight is 304 g/mol. The van der Waals surface area contributed by atoms with Gasteiger partial charge in [-0.2, -0.15) is 11.3 Å². The quantitative estimate of drug-likeness (QED) is 0.847. The van der Waals surface area contributed by atoms with Gasteiger partial charge in [0.05, 0.1) is 6.04 Å². The van der Waals surface area contributed by atoms with Gasteiger partial charge in [-0.25, -0.2) is 9.97 Å². The third-order valence-corrected chi connectivity index (χ3v) is 4.32. The first-order chi connectivity index (χ1) is 10.1. The minimum Gasteiger partial charge on any atom is -0.352 e. The lowest BCUT2D eigenvalue weighted by Crippen LogP contribution is -2.33. The van der Waals surface area contributed by atoms with E-state index < -0.39 is 0 Å². The summed E-state index contributed by atoms with van der Waals surface area (Å²) in [5.41, 5.74) is 3.36. The van der Waals surface area contributed by atoms with Gasteiger partial charge in [0, 0.05) is 17.9 Å². The Morgan fingerprint density at radius 3 is 2.38 bits per heavy atom. The van der Waals surface area contributed by atoms with Gasteiger partial charge in [0.2, 0.25) is 5.95 Å². The van der Waals surface area contributed by atoms with Gasteiger partial charge < -0.3 is 5.32 Å². The Labute approximate surface area is 131 Å². The van der Waals surface area contributed by atoms with Crippen molar-refractivity contribution in [2.45, 2.75) is 33.7 Å². The molecule has 2 aromatic heterocycles. The standard InChI is InChI=1S/C16H24N4S/c1-5-20(6-2)15(14-7-8-21-11-14)10-17-16-18-12(3)9-13(4)19-16/h7-9,11,15H,5-6,10H2,1-4H3,(H,17,18,19)/t15-/m0/s1. The van der Waals surface area contributed by atoms with Crippen LogP contribution in [0.3, 0.4) is 0 Å². The van der Waals surface area contributed by atoms with E-state index >= 15 is 0 Å². The van der Waals surface area contributed by atoms with E-state index in [1.54, 1.807) is 11.3 Å². The lowest BCUT2D eigenvalue weighted by Gasteiger charge is -2.29. The van der Waals surface area contributed by atoms with Gasteiger partial charge in [-0.1, -0.05) is 13.8 Å². The van der Waals surface area contributed by atoms with Crippen LogP contribution < -0.4 is 5.32 Å². The maximum atomic E-state index is 4.46. The van der Waals surface area contributed by atoms with Gasteiger partial charge in [-0.05, 0) is 55.4 Å². The number of rotatable bonds is 7. The first-order valence-corrected chi connectivity index (χ1v) is 8.40. The number of aromatic nitrogens is 2. The second-order valence-corrected chi connectivity index (χ2v) is 5.93. The molecule has 0 bridgehead atoms. The fraction of sp³-hybridized carbons (Fsp3) is 0.500. The van der Waals surface area contributed by atoms with Crippen LogP contribution in [-0.4, -0.2) is 34.5 Å². The largest absolute Gasteiger partial charge is 0.352 e. The Morgan fingerprint density at radius 1 is 1.19 bits per heavy atom. The van der Waals surface area contributed by atoms with E-state index in [2.05, 4.69) is 50.9 Å². The fourth-order valence-electron chi connectivity index (χ4n) is 2.58. The molecule has 0 radical (unpaired) electrons. The molecule has 2 aromatic rings. The number of aryl methyl sites for hydroxylation is 2. The third kappa shape index (κ3) is 4.25. The Hall–Kier alpha value is -1.46. The zero-order valence-corrected chi connectivity index (χ0v) is 14.1. The van der Waals surface area contributed by atoms with Crippen molar-refractivity contribution in [3.8, 4) is 0 Å². The molecule has 4 nitrogen and oxygen atoms in total. The molecule has 0 amide bonds. The van der Waals surface area contributed by atoms with Crippen LogP contribution in [0.2, 0.25) is 0 Å². The first-order valence-electron chi connectivity index (χ1n) is 7.46. The topological polar surface area (TPSA) is 41.0 Å². The molecule has 1 atom stereocenters. The Kier molecular flexibility index (Phi) is 5.70. The maximum absolute atomic E-state index is 4.46. The molecular weight excluding hydrogens is 280 g/mol. The minimum absolute atomic E-state index is 0.357. The maximum Gasteiger partial charge on any atom is 0.223 e. The smallest absolute Gasteiger partial charge is 0.223 e. The summed E-state index contributed by atoms with van der Waals surface area (Å²) >= 11 is 1.75. The number of nitrogens with one attached hydrogen (secondary N) is 1. The summed E-state index contributed by atoms with van der Waals surface area (Å²) in [7, 11) is 0. The second kappa shape index (κ2) is 7.52. The van der Waals surface area contributed by atoms with E-state index in [4.69, 9.17) is 0 Å². The first kappa shape index (κ1) is 15.9. The van der Waals surface area contributed by atoms with Gasteiger partial charge in [0.1, 0.15) is 0 Å². The van der Waals surface area contributed by atoms with Crippen molar-refractivity contribution in [1.29, 1.82) is 0 Å². The molecule has 0 aliphatic carbocycles. The molecule has 0 fully saturated rings. The van der Waals surface area contributed by atoms with Crippen LogP contribution in [0.25, 0.3) is 0 Å². The predicted octanol–water partition coefficient (Wildman–Crippen LogP) is 3.65. The van der Waals surface area contributed by atoms with Gasteiger partial charge in [0.15, 0.2) is 0 Å². The van der Waals surface area contributed by atoms with Crippen molar-refractivity contribution < 1.29 is 0 Å². The molecule has 21 heavy (non-hydrogen) atoms. The fourth-order valence-corrected chi connectivity index (χ4v) is 3.29. The van der Waals surface area contributed by atoms with E-state index in [1.165, 1.54) is 5.56 Å².